The molecule has 0 amide bonds. The molecule has 0 aromatic carbocycles. The lowest BCUT2D eigenvalue weighted by atomic mass is 9.91. The average Bonchev–Trinajstić information content (AvgIpc) is 1.81. The van der Waals surface area contributed by atoms with Crippen molar-refractivity contribution < 1.29 is 0 Å². The van der Waals surface area contributed by atoms with Crippen LogP contribution in [0.2, 0.25) is 0 Å². The Kier molecular flexibility index (Phi) is 6.11. The van der Waals surface area contributed by atoms with Gasteiger partial charge in [-0.1, -0.05) is 48.0 Å². The van der Waals surface area contributed by atoms with Crippen molar-refractivity contribution in [2.45, 2.75) is 71.3 Å². The Balaban J connectivity index is 3.67. The highest BCUT2D eigenvalue weighted by atomic mass is 32.2. The van der Waals surface area contributed by atoms with Crippen LogP contribution in [0, 0.1) is 5.41 Å². The summed E-state index contributed by atoms with van der Waals surface area (Å²) in [5.41, 5.74) is 0.484. The Labute approximate surface area is 88.9 Å². The lowest BCUT2D eigenvalue weighted by molar-refractivity contribution is 0.378. The molecule has 0 nitrogen and oxygen atoms in total. The van der Waals surface area contributed by atoms with Gasteiger partial charge in [0.1, 0.15) is 0 Å². The van der Waals surface area contributed by atoms with Gasteiger partial charge in [0.2, 0.25) is 0 Å². The molecule has 0 heterocycles. The highest BCUT2D eigenvalue weighted by molar-refractivity contribution is 8.00. The summed E-state index contributed by atoms with van der Waals surface area (Å²) in [5.74, 6) is 0. The first kappa shape index (κ1) is 13.4. The molecule has 0 aromatic heterocycles. The van der Waals surface area contributed by atoms with Crippen LogP contribution in [0.25, 0.3) is 0 Å². The minimum absolute atomic E-state index is 0.484. The van der Waals surface area contributed by atoms with E-state index in [1.807, 2.05) is 0 Å². The first-order chi connectivity index (χ1) is 5.85. The second kappa shape index (κ2) is 5.95. The molecule has 0 aliphatic rings. The standard InChI is InChI=1S/C12H26S/c1-7-8-10(2)13-11(3)9-12(4,5)6/h10-11H,7-9H2,1-6H3. The van der Waals surface area contributed by atoms with Crippen molar-refractivity contribution >= 4 is 11.8 Å². The van der Waals surface area contributed by atoms with Crippen LogP contribution in [0.3, 0.4) is 0 Å². The van der Waals surface area contributed by atoms with Gasteiger partial charge in [-0.15, -0.1) is 0 Å². The minimum atomic E-state index is 0.484. The van der Waals surface area contributed by atoms with Crippen LogP contribution in [0.15, 0.2) is 0 Å². The van der Waals surface area contributed by atoms with Crippen LogP contribution in [0.4, 0.5) is 0 Å². The second-order valence-corrected chi connectivity index (χ2v) is 7.19. The third-order valence-corrected chi connectivity index (χ3v) is 3.39. The molecular weight excluding hydrogens is 176 g/mol. The van der Waals surface area contributed by atoms with Crippen LogP contribution >= 0.6 is 11.8 Å². The van der Waals surface area contributed by atoms with E-state index in [-0.39, 0.29) is 0 Å². The monoisotopic (exact) mass is 202 g/mol. The van der Waals surface area contributed by atoms with Crippen molar-refractivity contribution in [1.29, 1.82) is 0 Å². The normalized spacial score (nSPS) is 17.1. The van der Waals surface area contributed by atoms with Crippen LogP contribution in [-0.2, 0) is 0 Å². The largest absolute Gasteiger partial charge is 0.156 e. The summed E-state index contributed by atoms with van der Waals surface area (Å²) >= 11 is 2.15. The predicted molar refractivity (Wildman–Crippen MR) is 65.5 cm³/mol. The summed E-state index contributed by atoms with van der Waals surface area (Å²) in [5, 5.41) is 1.64. The SMILES string of the molecule is CCCC(C)SC(C)CC(C)(C)C. The van der Waals surface area contributed by atoms with Crippen LogP contribution in [0.1, 0.15) is 60.8 Å². The first-order valence-corrected chi connectivity index (χ1v) is 6.45. The maximum absolute atomic E-state index is 2.36. The second-order valence-electron chi connectivity index (χ2n) is 5.31. The van der Waals surface area contributed by atoms with E-state index < -0.39 is 0 Å². The van der Waals surface area contributed by atoms with Gasteiger partial charge in [-0.05, 0) is 18.3 Å². The van der Waals surface area contributed by atoms with Crippen LogP contribution < -0.4 is 0 Å². The molecule has 0 aromatic rings. The maximum atomic E-state index is 2.36. The summed E-state index contributed by atoms with van der Waals surface area (Å²) in [6.45, 7) is 14.0. The number of thioether (sulfide) groups is 1. The molecule has 0 saturated heterocycles. The average molecular weight is 202 g/mol. The molecule has 80 valence electrons. The Morgan fingerprint density at radius 3 is 2.00 bits per heavy atom. The van der Waals surface area contributed by atoms with Crippen LogP contribution in [-0.4, -0.2) is 10.5 Å². The van der Waals surface area contributed by atoms with Crippen molar-refractivity contribution in [2.75, 3.05) is 0 Å². The zero-order valence-corrected chi connectivity index (χ0v) is 11.0. The molecule has 2 unspecified atom stereocenters. The Hall–Kier alpha value is 0.350. The van der Waals surface area contributed by atoms with E-state index in [9.17, 15) is 0 Å². The Morgan fingerprint density at radius 1 is 1.08 bits per heavy atom. The fraction of sp³-hybridized carbons (Fsp3) is 1.00. The minimum Gasteiger partial charge on any atom is -0.156 e. The molecule has 0 spiro atoms. The molecule has 0 fully saturated rings. The summed E-state index contributed by atoms with van der Waals surface area (Å²) in [7, 11) is 0. The molecule has 0 saturated carbocycles. The van der Waals surface area contributed by atoms with Gasteiger partial charge in [0, 0.05) is 10.5 Å². The number of hydrogen-bond acceptors (Lipinski definition) is 1. The van der Waals surface area contributed by atoms with E-state index in [1.54, 1.807) is 0 Å². The van der Waals surface area contributed by atoms with Gasteiger partial charge in [-0.3, -0.25) is 0 Å². The number of hydrogen-bond donors (Lipinski definition) is 0. The summed E-state index contributed by atoms with van der Waals surface area (Å²) in [6.07, 6.45) is 4.00. The fourth-order valence-electron chi connectivity index (χ4n) is 1.78. The van der Waals surface area contributed by atoms with E-state index in [4.69, 9.17) is 0 Å². The summed E-state index contributed by atoms with van der Waals surface area (Å²) in [4.78, 5) is 0. The quantitative estimate of drug-likeness (QED) is 0.621. The molecular formula is C12H26S. The lowest BCUT2D eigenvalue weighted by Crippen LogP contribution is -2.14. The smallest absolute Gasteiger partial charge is 0.00263 e. The lowest BCUT2D eigenvalue weighted by Gasteiger charge is -2.24. The highest BCUT2D eigenvalue weighted by Crippen LogP contribution is 2.30. The zero-order valence-electron chi connectivity index (χ0n) is 10.2. The van der Waals surface area contributed by atoms with Gasteiger partial charge in [-0.2, -0.15) is 11.8 Å². The Morgan fingerprint density at radius 2 is 1.62 bits per heavy atom. The molecule has 0 bridgehead atoms. The molecule has 0 rings (SSSR count). The van der Waals surface area contributed by atoms with Gasteiger partial charge in [0.25, 0.3) is 0 Å². The number of rotatable bonds is 5. The third kappa shape index (κ3) is 8.67. The molecule has 13 heavy (non-hydrogen) atoms. The molecule has 2 atom stereocenters. The predicted octanol–water partition coefficient (Wildman–Crippen LogP) is 4.73. The molecule has 0 aliphatic carbocycles. The Bertz CT molecular complexity index is 124. The van der Waals surface area contributed by atoms with Crippen molar-refractivity contribution in [3.05, 3.63) is 0 Å². The van der Waals surface area contributed by atoms with Crippen molar-refractivity contribution in [1.82, 2.24) is 0 Å². The molecule has 0 radical (unpaired) electrons. The third-order valence-electron chi connectivity index (χ3n) is 2.06. The maximum Gasteiger partial charge on any atom is 0.00263 e. The summed E-state index contributed by atoms with van der Waals surface area (Å²) in [6, 6.07) is 0. The highest BCUT2D eigenvalue weighted by Gasteiger charge is 2.17. The van der Waals surface area contributed by atoms with E-state index in [1.165, 1.54) is 19.3 Å². The van der Waals surface area contributed by atoms with Gasteiger partial charge in [0.15, 0.2) is 0 Å². The van der Waals surface area contributed by atoms with Gasteiger partial charge < -0.3 is 0 Å². The molecule has 0 N–H and O–H groups in total. The first-order valence-electron chi connectivity index (χ1n) is 5.50. The fourth-order valence-corrected chi connectivity index (χ4v) is 3.54. The van der Waals surface area contributed by atoms with Crippen LogP contribution in [0.5, 0.6) is 0 Å². The van der Waals surface area contributed by atoms with Crippen molar-refractivity contribution in [2.24, 2.45) is 5.41 Å². The molecule has 1 heteroatoms. The van der Waals surface area contributed by atoms with Gasteiger partial charge >= 0.3 is 0 Å². The van der Waals surface area contributed by atoms with E-state index in [2.05, 4.69) is 53.3 Å². The van der Waals surface area contributed by atoms with Gasteiger partial charge in [0.05, 0.1) is 0 Å². The van der Waals surface area contributed by atoms with E-state index in [0.29, 0.717) is 5.41 Å². The zero-order chi connectivity index (χ0) is 10.5. The van der Waals surface area contributed by atoms with Crippen molar-refractivity contribution in [3.8, 4) is 0 Å². The van der Waals surface area contributed by atoms with Gasteiger partial charge in [-0.25, -0.2) is 0 Å². The topological polar surface area (TPSA) is 0 Å². The van der Waals surface area contributed by atoms with E-state index >= 15 is 0 Å². The summed E-state index contributed by atoms with van der Waals surface area (Å²) < 4.78 is 0. The molecule has 0 aliphatic heterocycles. The van der Waals surface area contributed by atoms with E-state index in [0.717, 1.165) is 10.5 Å². The van der Waals surface area contributed by atoms with Crippen molar-refractivity contribution in [3.63, 3.8) is 0 Å².